The molecule has 3 aromatic rings. The highest BCUT2D eigenvalue weighted by atomic mass is 35.5. The Morgan fingerprint density at radius 3 is 2.39 bits per heavy atom. The first-order valence-electron chi connectivity index (χ1n) is 9.76. The van der Waals surface area contributed by atoms with Gasteiger partial charge in [-0.1, -0.05) is 41.9 Å². The monoisotopic (exact) mass is 458 g/mol. The van der Waals surface area contributed by atoms with Crippen LogP contribution >= 0.6 is 11.6 Å². The summed E-state index contributed by atoms with van der Waals surface area (Å²) in [5.41, 5.74) is 1.70. The van der Waals surface area contributed by atoms with Gasteiger partial charge in [-0.3, -0.25) is 4.79 Å². The van der Waals surface area contributed by atoms with Gasteiger partial charge >= 0.3 is 0 Å². The molecule has 31 heavy (non-hydrogen) atoms. The molecule has 0 bridgehead atoms. The van der Waals surface area contributed by atoms with Gasteiger partial charge in [-0.25, -0.2) is 13.1 Å². The second kappa shape index (κ2) is 10.4. The Hall–Kier alpha value is -2.87. The van der Waals surface area contributed by atoms with Gasteiger partial charge in [-0.2, -0.15) is 0 Å². The predicted molar refractivity (Wildman–Crippen MR) is 122 cm³/mol. The first-order valence-corrected chi connectivity index (χ1v) is 11.6. The number of hydrogen-bond acceptors (Lipinski definition) is 4. The van der Waals surface area contributed by atoms with Gasteiger partial charge in [0.25, 0.3) is 5.91 Å². The zero-order valence-electron chi connectivity index (χ0n) is 17.0. The van der Waals surface area contributed by atoms with Crippen molar-refractivity contribution in [2.24, 2.45) is 0 Å². The van der Waals surface area contributed by atoms with E-state index in [9.17, 15) is 13.2 Å². The van der Waals surface area contributed by atoms with Crippen molar-refractivity contribution >= 4 is 33.2 Å². The van der Waals surface area contributed by atoms with E-state index in [1.54, 1.807) is 31.2 Å². The van der Waals surface area contributed by atoms with Crippen molar-refractivity contribution in [3.8, 4) is 5.75 Å². The second-order valence-corrected chi connectivity index (χ2v) is 8.89. The fourth-order valence-electron chi connectivity index (χ4n) is 2.91. The van der Waals surface area contributed by atoms with E-state index in [1.165, 1.54) is 18.2 Å². The molecule has 8 heteroatoms. The normalized spacial score (nSPS) is 11.2. The van der Waals surface area contributed by atoms with Gasteiger partial charge in [-0.05, 0) is 61.4 Å². The minimum Gasteiger partial charge on any atom is -0.492 e. The van der Waals surface area contributed by atoms with E-state index >= 15 is 0 Å². The molecule has 2 N–H and O–H groups in total. The molecule has 0 heterocycles. The molecule has 0 aliphatic carbocycles. The summed E-state index contributed by atoms with van der Waals surface area (Å²) in [6.45, 7) is 2.43. The Labute approximate surface area is 187 Å². The molecule has 1 amide bonds. The van der Waals surface area contributed by atoms with Crippen LogP contribution in [0.2, 0.25) is 5.02 Å². The van der Waals surface area contributed by atoms with Crippen LogP contribution in [0.3, 0.4) is 0 Å². The van der Waals surface area contributed by atoms with E-state index in [0.29, 0.717) is 29.4 Å². The lowest BCUT2D eigenvalue weighted by Crippen LogP contribution is -2.26. The minimum absolute atomic E-state index is 0.0374. The first kappa shape index (κ1) is 22.8. The van der Waals surface area contributed by atoms with Crippen molar-refractivity contribution in [3.63, 3.8) is 0 Å². The smallest absolute Gasteiger partial charge is 0.255 e. The molecule has 0 aromatic heterocycles. The summed E-state index contributed by atoms with van der Waals surface area (Å²) in [4.78, 5) is 12.6. The van der Waals surface area contributed by atoms with Crippen LogP contribution in [0, 0.1) is 0 Å². The van der Waals surface area contributed by atoms with Crippen molar-refractivity contribution < 1.29 is 17.9 Å². The number of carbonyl (C=O) groups excluding carboxylic acids is 1. The molecule has 0 atom stereocenters. The molecule has 162 valence electrons. The van der Waals surface area contributed by atoms with Crippen LogP contribution < -0.4 is 14.8 Å². The maximum absolute atomic E-state index is 12.8. The summed E-state index contributed by atoms with van der Waals surface area (Å²) in [6.07, 6.45) is 0.567. The summed E-state index contributed by atoms with van der Waals surface area (Å²) in [7, 11) is -3.76. The van der Waals surface area contributed by atoms with Gasteiger partial charge in [0, 0.05) is 17.1 Å². The fraction of sp³-hybridized carbons (Fsp3) is 0.174. The number of hydrogen-bond donors (Lipinski definition) is 2. The summed E-state index contributed by atoms with van der Waals surface area (Å²) in [6, 6.07) is 20.4. The van der Waals surface area contributed by atoms with E-state index < -0.39 is 15.9 Å². The van der Waals surface area contributed by atoms with Gasteiger partial charge in [-0.15, -0.1) is 0 Å². The Morgan fingerprint density at radius 2 is 1.71 bits per heavy atom. The number of sulfonamides is 1. The van der Waals surface area contributed by atoms with Crippen molar-refractivity contribution in [1.82, 2.24) is 4.72 Å². The maximum Gasteiger partial charge on any atom is 0.255 e. The van der Waals surface area contributed by atoms with Crippen LogP contribution in [0.25, 0.3) is 0 Å². The van der Waals surface area contributed by atoms with E-state index in [2.05, 4.69) is 10.0 Å². The number of benzene rings is 3. The Morgan fingerprint density at radius 1 is 1.00 bits per heavy atom. The average molecular weight is 459 g/mol. The van der Waals surface area contributed by atoms with Gasteiger partial charge in [0.1, 0.15) is 5.75 Å². The Kier molecular flexibility index (Phi) is 7.68. The van der Waals surface area contributed by atoms with Gasteiger partial charge < -0.3 is 10.1 Å². The SMILES string of the molecule is CCOc1ccc(S(=O)(=O)NCCc2ccccc2)cc1NC(=O)c1ccc(Cl)cc1. The van der Waals surface area contributed by atoms with Gasteiger partial charge in [0.15, 0.2) is 0 Å². The molecule has 6 nitrogen and oxygen atoms in total. The number of halogens is 1. The summed E-state index contributed by atoms with van der Waals surface area (Å²) < 4.78 is 33.7. The minimum atomic E-state index is -3.76. The number of nitrogens with one attached hydrogen (secondary N) is 2. The zero-order chi connectivity index (χ0) is 22.3. The standard InChI is InChI=1S/C23H23ClN2O4S/c1-2-30-22-13-12-20(31(28,29)25-15-14-17-6-4-3-5-7-17)16-21(22)26-23(27)18-8-10-19(24)11-9-18/h3-13,16,25H,2,14-15H2,1H3,(H,26,27). The third kappa shape index (κ3) is 6.30. The van der Waals surface area contributed by atoms with Crippen LogP contribution in [-0.2, 0) is 16.4 Å². The predicted octanol–water partition coefficient (Wildman–Crippen LogP) is 4.51. The van der Waals surface area contributed by atoms with E-state index in [0.717, 1.165) is 5.56 Å². The first-order chi connectivity index (χ1) is 14.9. The highest BCUT2D eigenvalue weighted by molar-refractivity contribution is 7.89. The molecular formula is C23H23ClN2O4S. The summed E-state index contributed by atoms with van der Waals surface area (Å²) >= 11 is 5.87. The molecule has 0 saturated carbocycles. The topological polar surface area (TPSA) is 84.5 Å². The molecule has 0 aliphatic rings. The van der Waals surface area contributed by atoms with Crippen LogP contribution in [0.4, 0.5) is 5.69 Å². The molecule has 0 spiro atoms. The third-order valence-corrected chi connectivity index (χ3v) is 6.18. The third-order valence-electron chi connectivity index (χ3n) is 4.46. The zero-order valence-corrected chi connectivity index (χ0v) is 18.5. The van der Waals surface area contributed by atoms with E-state index in [1.807, 2.05) is 30.3 Å². The Bertz CT molecular complexity index is 1130. The van der Waals surface area contributed by atoms with Crippen LogP contribution in [0.1, 0.15) is 22.8 Å². The fourth-order valence-corrected chi connectivity index (χ4v) is 4.09. The molecule has 0 fully saturated rings. The van der Waals surface area contributed by atoms with E-state index in [4.69, 9.17) is 16.3 Å². The maximum atomic E-state index is 12.8. The lowest BCUT2D eigenvalue weighted by molar-refractivity contribution is 0.102. The summed E-state index contributed by atoms with van der Waals surface area (Å²) in [5.74, 6) is -0.0164. The average Bonchev–Trinajstić information content (AvgIpc) is 2.76. The molecule has 0 aliphatic heterocycles. The molecule has 0 radical (unpaired) electrons. The Balaban J connectivity index is 1.77. The highest BCUT2D eigenvalue weighted by Crippen LogP contribution is 2.28. The van der Waals surface area contributed by atoms with Crippen molar-refractivity contribution in [2.75, 3.05) is 18.5 Å². The number of ether oxygens (including phenoxy) is 1. The second-order valence-electron chi connectivity index (χ2n) is 6.69. The van der Waals surface area contributed by atoms with Crippen molar-refractivity contribution in [3.05, 3.63) is 88.9 Å². The molecular weight excluding hydrogens is 436 g/mol. The molecule has 0 unspecified atom stereocenters. The number of amides is 1. The molecule has 3 rings (SSSR count). The van der Waals surface area contributed by atoms with Crippen molar-refractivity contribution in [1.29, 1.82) is 0 Å². The highest BCUT2D eigenvalue weighted by Gasteiger charge is 2.18. The molecule has 3 aromatic carbocycles. The number of rotatable bonds is 9. The quantitative estimate of drug-likeness (QED) is 0.494. The lowest BCUT2D eigenvalue weighted by Gasteiger charge is -2.14. The van der Waals surface area contributed by atoms with Crippen LogP contribution in [-0.4, -0.2) is 27.5 Å². The van der Waals surface area contributed by atoms with Crippen LogP contribution in [0.5, 0.6) is 5.75 Å². The summed E-state index contributed by atoms with van der Waals surface area (Å²) in [5, 5.41) is 3.24. The number of anilines is 1. The van der Waals surface area contributed by atoms with Gasteiger partial charge in [0.05, 0.1) is 17.2 Å². The van der Waals surface area contributed by atoms with Crippen molar-refractivity contribution in [2.45, 2.75) is 18.2 Å². The largest absolute Gasteiger partial charge is 0.492 e. The van der Waals surface area contributed by atoms with Gasteiger partial charge in [0.2, 0.25) is 10.0 Å². The van der Waals surface area contributed by atoms with E-state index in [-0.39, 0.29) is 17.1 Å². The van der Waals surface area contributed by atoms with Crippen LogP contribution in [0.15, 0.2) is 77.7 Å². The molecule has 0 saturated heterocycles. The lowest BCUT2D eigenvalue weighted by atomic mass is 10.2. The number of carbonyl (C=O) groups is 1.